The van der Waals surface area contributed by atoms with Crippen molar-refractivity contribution in [1.82, 2.24) is 14.1 Å². The molecule has 1 aliphatic rings. The third kappa shape index (κ3) is 2.24. The van der Waals surface area contributed by atoms with Gasteiger partial charge in [0.1, 0.15) is 5.60 Å². The summed E-state index contributed by atoms with van der Waals surface area (Å²) < 4.78 is 10.9. The fraction of sp³-hybridized carbons (Fsp3) is 0.107. The van der Waals surface area contributed by atoms with Crippen molar-refractivity contribution in [3.8, 4) is 17.4 Å². The highest BCUT2D eigenvalue weighted by Gasteiger charge is 2.35. The zero-order chi connectivity index (χ0) is 21.4. The van der Waals surface area contributed by atoms with Gasteiger partial charge in [0.05, 0.1) is 27.8 Å². The first-order valence-corrected chi connectivity index (χ1v) is 10.9. The lowest BCUT2D eigenvalue weighted by molar-refractivity contribution is 0.0847. The van der Waals surface area contributed by atoms with Crippen molar-refractivity contribution >= 4 is 32.8 Å². The number of nitrogens with zero attached hydrogens (tertiary/aromatic N) is 3. The predicted octanol–water partition coefficient (Wildman–Crippen LogP) is 6.75. The van der Waals surface area contributed by atoms with E-state index in [0.717, 1.165) is 28.0 Å². The molecule has 154 valence electrons. The van der Waals surface area contributed by atoms with Gasteiger partial charge < -0.3 is 9.30 Å². The van der Waals surface area contributed by atoms with Crippen LogP contribution in [0.3, 0.4) is 0 Å². The van der Waals surface area contributed by atoms with Gasteiger partial charge in [-0.2, -0.15) is 4.98 Å². The molecule has 1 aliphatic heterocycles. The van der Waals surface area contributed by atoms with Gasteiger partial charge in [0, 0.05) is 22.0 Å². The van der Waals surface area contributed by atoms with Crippen LogP contribution in [0.1, 0.15) is 19.4 Å². The maximum absolute atomic E-state index is 6.42. The molecule has 3 heterocycles. The molecule has 4 heteroatoms. The first-order chi connectivity index (χ1) is 15.6. The predicted molar refractivity (Wildman–Crippen MR) is 129 cm³/mol. The lowest BCUT2D eigenvalue weighted by Gasteiger charge is -2.34. The van der Waals surface area contributed by atoms with Gasteiger partial charge in [0.15, 0.2) is 0 Å². The third-order valence-corrected chi connectivity index (χ3v) is 6.58. The maximum Gasteiger partial charge on any atom is 0.303 e. The van der Waals surface area contributed by atoms with Crippen molar-refractivity contribution in [2.24, 2.45) is 0 Å². The van der Waals surface area contributed by atoms with Crippen molar-refractivity contribution in [2.75, 3.05) is 0 Å². The largest absolute Gasteiger partial charge is 0.453 e. The first-order valence-electron chi connectivity index (χ1n) is 10.9. The lowest BCUT2D eigenvalue weighted by atomic mass is 9.94. The molecule has 32 heavy (non-hydrogen) atoms. The Morgan fingerprint density at radius 2 is 1.31 bits per heavy atom. The summed E-state index contributed by atoms with van der Waals surface area (Å²) in [5.41, 5.74) is 7.31. The molecule has 0 unspecified atom stereocenters. The van der Waals surface area contributed by atoms with E-state index in [0.29, 0.717) is 6.01 Å². The molecule has 0 aliphatic carbocycles. The average molecular weight is 415 g/mol. The Hall–Kier alpha value is -4.05. The number of fused-ring (bicyclic) bond motifs is 8. The molecular formula is C28H21N3O. The number of rotatable bonds is 1. The fourth-order valence-corrected chi connectivity index (χ4v) is 5.13. The Morgan fingerprint density at radius 1 is 0.688 bits per heavy atom. The Balaban J connectivity index is 1.54. The molecule has 0 N–H and O–H groups in total. The number of para-hydroxylation sites is 4. The highest BCUT2D eigenvalue weighted by atomic mass is 16.5. The van der Waals surface area contributed by atoms with E-state index in [4.69, 9.17) is 9.72 Å². The van der Waals surface area contributed by atoms with Crippen molar-refractivity contribution in [2.45, 2.75) is 19.4 Å². The van der Waals surface area contributed by atoms with E-state index in [2.05, 4.69) is 95.8 Å². The van der Waals surface area contributed by atoms with Crippen LogP contribution in [-0.2, 0) is 5.60 Å². The van der Waals surface area contributed by atoms with Gasteiger partial charge >= 0.3 is 6.01 Å². The molecule has 0 fully saturated rings. The van der Waals surface area contributed by atoms with Gasteiger partial charge in [0.2, 0.25) is 0 Å². The van der Waals surface area contributed by atoms with Gasteiger partial charge in [0.25, 0.3) is 0 Å². The SMILES string of the molecule is CC1(C)Oc2nc3ccccc3n2-c2ccc(-n3c4ccccc4c4ccccc43)cc21. The highest BCUT2D eigenvalue weighted by Crippen LogP contribution is 2.42. The summed E-state index contributed by atoms with van der Waals surface area (Å²) in [7, 11) is 0. The zero-order valence-corrected chi connectivity index (χ0v) is 17.9. The normalized spacial score (nSPS) is 14.4. The van der Waals surface area contributed by atoms with E-state index in [1.807, 2.05) is 18.2 Å². The molecule has 0 amide bonds. The van der Waals surface area contributed by atoms with Gasteiger partial charge in [-0.25, -0.2) is 0 Å². The monoisotopic (exact) mass is 415 g/mol. The molecule has 7 rings (SSSR count). The molecule has 0 bridgehead atoms. The Morgan fingerprint density at radius 3 is 2.03 bits per heavy atom. The Bertz CT molecular complexity index is 1630. The first kappa shape index (κ1) is 17.6. The minimum absolute atomic E-state index is 0.499. The number of ether oxygens (including phenoxy) is 1. The molecule has 4 aromatic carbocycles. The summed E-state index contributed by atoms with van der Waals surface area (Å²) in [6.45, 7) is 4.23. The quantitative estimate of drug-likeness (QED) is 0.297. The maximum atomic E-state index is 6.42. The fourth-order valence-electron chi connectivity index (χ4n) is 5.13. The number of aromatic nitrogens is 3. The summed E-state index contributed by atoms with van der Waals surface area (Å²) in [5, 5.41) is 2.53. The summed E-state index contributed by atoms with van der Waals surface area (Å²) >= 11 is 0. The minimum Gasteiger partial charge on any atom is -0.453 e. The second-order valence-electron chi connectivity index (χ2n) is 8.90. The zero-order valence-electron chi connectivity index (χ0n) is 17.9. The number of hydrogen-bond acceptors (Lipinski definition) is 2. The van der Waals surface area contributed by atoms with E-state index >= 15 is 0 Å². The third-order valence-electron chi connectivity index (χ3n) is 6.58. The van der Waals surface area contributed by atoms with Gasteiger partial charge in [-0.1, -0.05) is 48.5 Å². The molecule has 2 aromatic heterocycles. The van der Waals surface area contributed by atoms with Crippen LogP contribution in [0.4, 0.5) is 0 Å². The van der Waals surface area contributed by atoms with Crippen LogP contribution in [0.25, 0.3) is 44.2 Å². The van der Waals surface area contributed by atoms with Crippen LogP contribution in [0.2, 0.25) is 0 Å². The number of imidazole rings is 1. The highest BCUT2D eigenvalue weighted by molar-refractivity contribution is 6.09. The molecule has 4 nitrogen and oxygen atoms in total. The van der Waals surface area contributed by atoms with E-state index in [1.165, 1.54) is 21.8 Å². The Labute approximate surface area is 185 Å². The van der Waals surface area contributed by atoms with Gasteiger partial charge in [-0.3, -0.25) is 4.57 Å². The van der Waals surface area contributed by atoms with Gasteiger partial charge in [-0.05, 0) is 56.3 Å². The van der Waals surface area contributed by atoms with Crippen LogP contribution in [-0.4, -0.2) is 14.1 Å². The molecule has 0 radical (unpaired) electrons. The van der Waals surface area contributed by atoms with Gasteiger partial charge in [-0.15, -0.1) is 0 Å². The second kappa shape index (κ2) is 6.01. The minimum atomic E-state index is -0.499. The molecular weight excluding hydrogens is 394 g/mol. The molecule has 0 saturated heterocycles. The van der Waals surface area contributed by atoms with Crippen molar-refractivity contribution in [3.05, 3.63) is 96.6 Å². The van der Waals surface area contributed by atoms with Crippen molar-refractivity contribution < 1.29 is 4.74 Å². The summed E-state index contributed by atoms with van der Waals surface area (Å²) in [6, 6.07) is 32.7. The van der Waals surface area contributed by atoms with Crippen LogP contribution < -0.4 is 4.74 Å². The van der Waals surface area contributed by atoms with Crippen molar-refractivity contribution in [3.63, 3.8) is 0 Å². The number of benzene rings is 4. The summed E-state index contributed by atoms with van der Waals surface area (Å²) in [6.07, 6.45) is 0. The van der Waals surface area contributed by atoms with E-state index in [-0.39, 0.29) is 0 Å². The smallest absolute Gasteiger partial charge is 0.303 e. The Kier molecular flexibility index (Phi) is 3.31. The summed E-state index contributed by atoms with van der Waals surface area (Å²) in [5.74, 6) is 0. The number of hydrogen-bond donors (Lipinski definition) is 0. The van der Waals surface area contributed by atoms with E-state index < -0.39 is 5.60 Å². The van der Waals surface area contributed by atoms with E-state index in [9.17, 15) is 0 Å². The van der Waals surface area contributed by atoms with Crippen molar-refractivity contribution in [1.29, 1.82) is 0 Å². The van der Waals surface area contributed by atoms with Crippen LogP contribution in [0, 0.1) is 0 Å². The van der Waals surface area contributed by atoms with Crippen LogP contribution >= 0.6 is 0 Å². The topological polar surface area (TPSA) is 32.0 Å². The van der Waals surface area contributed by atoms with E-state index in [1.54, 1.807) is 0 Å². The molecule has 6 aromatic rings. The van der Waals surface area contributed by atoms with Crippen LogP contribution in [0.5, 0.6) is 6.01 Å². The molecule has 0 saturated carbocycles. The summed E-state index contributed by atoms with van der Waals surface area (Å²) in [4.78, 5) is 4.74. The molecule has 0 spiro atoms. The van der Waals surface area contributed by atoms with Crippen LogP contribution in [0.15, 0.2) is 91.0 Å². The lowest BCUT2D eigenvalue weighted by Crippen LogP contribution is -2.32. The molecule has 0 atom stereocenters. The average Bonchev–Trinajstić information content (AvgIpc) is 3.34. The second-order valence-corrected chi connectivity index (χ2v) is 8.90. The standard InChI is InChI=1S/C28H21N3O/c1-28(2)21-17-18(30-23-12-6-3-9-19(23)20-10-4-7-13-24(20)30)15-16-25(21)31-26-14-8-5-11-22(26)29-27(31)32-28/h3-17H,1-2H3.